The Morgan fingerprint density at radius 3 is 2.31 bits per heavy atom. The Kier molecular flexibility index (Phi) is 10.6. The molecule has 0 aliphatic carbocycles. The number of carboxylic acids is 1. The molecule has 1 aliphatic rings. The van der Waals surface area contributed by atoms with Crippen LogP contribution in [-0.2, 0) is 39.8 Å². The summed E-state index contributed by atoms with van der Waals surface area (Å²) >= 11 is 0. The number of carboxylic acid groups (broad SMARTS) is 1. The summed E-state index contributed by atoms with van der Waals surface area (Å²) in [6.45, 7) is 9.34. The van der Waals surface area contributed by atoms with Gasteiger partial charge in [0, 0.05) is 25.1 Å². The van der Waals surface area contributed by atoms with Crippen LogP contribution in [0.2, 0.25) is 0 Å². The second-order valence-electron chi connectivity index (χ2n) is 11.1. The van der Waals surface area contributed by atoms with Gasteiger partial charge in [0.1, 0.15) is 30.1 Å². The second kappa shape index (κ2) is 13.0. The van der Waals surface area contributed by atoms with Crippen LogP contribution in [0.5, 0.6) is 0 Å². The first kappa shape index (κ1) is 31.7. The van der Waals surface area contributed by atoms with Gasteiger partial charge in [-0.1, -0.05) is 0 Å². The highest BCUT2D eigenvalue weighted by molar-refractivity contribution is 5.85. The number of aliphatic hydroxyl groups is 1. The minimum absolute atomic E-state index is 0.184. The van der Waals surface area contributed by atoms with Crippen LogP contribution in [0, 0.1) is 5.92 Å². The van der Waals surface area contributed by atoms with Crippen molar-refractivity contribution in [2.75, 3.05) is 13.2 Å². The van der Waals surface area contributed by atoms with Gasteiger partial charge in [-0.2, -0.15) is 4.98 Å². The molecule has 1 aromatic rings. The lowest BCUT2D eigenvalue weighted by atomic mass is 10.0. The van der Waals surface area contributed by atoms with Crippen LogP contribution in [0.4, 0.5) is 4.79 Å². The highest BCUT2D eigenvalue weighted by atomic mass is 16.6. The summed E-state index contributed by atoms with van der Waals surface area (Å²) in [6.07, 6.45) is -1.83. The minimum atomic E-state index is -1.58. The normalized spacial score (nSPS) is 20.1. The Bertz CT molecular complexity index is 1100. The number of aliphatic carboxylic acids is 1. The lowest BCUT2D eigenvalue weighted by Crippen LogP contribution is -2.45. The molecule has 2 heterocycles. The molecular weight excluding hydrogens is 518 g/mol. The second-order valence-corrected chi connectivity index (χ2v) is 11.1. The topological polar surface area (TPSA) is 193 Å². The van der Waals surface area contributed by atoms with E-state index in [-0.39, 0.29) is 31.7 Å². The molecule has 39 heavy (non-hydrogen) atoms. The summed E-state index contributed by atoms with van der Waals surface area (Å²) in [5, 5.41) is 21.2. The highest BCUT2D eigenvalue weighted by Crippen LogP contribution is 2.32. The molecule has 3 N–H and O–H groups in total. The van der Waals surface area contributed by atoms with Gasteiger partial charge in [0.15, 0.2) is 0 Å². The van der Waals surface area contributed by atoms with Crippen molar-refractivity contribution < 1.29 is 48.3 Å². The van der Waals surface area contributed by atoms with E-state index in [1.807, 2.05) is 0 Å². The zero-order valence-electron chi connectivity index (χ0n) is 23.0. The standard InChI is InChI=1S/C25H37N3O11/c1-24(2,3)38-20(31)10-15-7-8-28(22(34)26-15)18-9-14(12-29)17(37-18)13-36-19(30)11-16(21(32)33)27-23(35)39-25(4,5)6/h7-8,14,16-18,29H,9-13H2,1-6H3,(H,27,35)(H,32,33)/t14-,16?,17-,18-/m1/s1. The van der Waals surface area contributed by atoms with Crippen LogP contribution >= 0.6 is 0 Å². The van der Waals surface area contributed by atoms with E-state index in [2.05, 4.69) is 10.3 Å². The van der Waals surface area contributed by atoms with Crippen LogP contribution in [0.3, 0.4) is 0 Å². The summed E-state index contributed by atoms with van der Waals surface area (Å²) in [7, 11) is 0. The zero-order chi connectivity index (χ0) is 29.5. The molecule has 1 aromatic heterocycles. The molecule has 14 nitrogen and oxygen atoms in total. The lowest BCUT2D eigenvalue weighted by molar-refractivity contribution is -0.154. The Morgan fingerprint density at radius 2 is 1.77 bits per heavy atom. The third kappa shape index (κ3) is 10.6. The van der Waals surface area contributed by atoms with Crippen molar-refractivity contribution in [3.8, 4) is 0 Å². The van der Waals surface area contributed by atoms with Crippen molar-refractivity contribution in [1.82, 2.24) is 14.9 Å². The van der Waals surface area contributed by atoms with Gasteiger partial charge in [-0.25, -0.2) is 14.4 Å². The number of hydrogen-bond acceptors (Lipinski definition) is 11. The average molecular weight is 556 g/mol. The fourth-order valence-corrected chi connectivity index (χ4v) is 3.67. The van der Waals surface area contributed by atoms with E-state index in [0.717, 1.165) is 0 Å². The number of ether oxygens (including phenoxy) is 4. The van der Waals surface area contributed by atoms with Gasteiger partial charge < -0.3 is 34.5 Å². The quantitative estimate of drug-likeness (QED) is 0.274. The maximum atomic E-state index is 12.6. The van der Waals surface area contributed by atoms with Gasteiger partial charge in [-0.05, 0) is 47.6 Å². The van der Waals surface area contributed by atoms with Gasteiger partial charge in [0.05, 0.1) is 24.6 Å². The Balaban J connectivity index is 1.96. The molecule has 0 saturated carbocycles. The van der Waals surface area contributed by atoms with E-state index in [1.165, 1.54) is 16.8 Å². The number of nitrogens with one attached hydrogen (secondary N) is 1. The predicted octanol–water partition coefficient (Wildman–Crippen LogP) is 0.935. The summed E-state index contributed by atoms with van der Waals surface area (Å²) in [5.41, 5.74) is -1.99. The van der Waals surface area contributed by atoms with E-state index in [1.54, 1.807) is 41.5 Å². The summed E-state index contributed by atoms with van der Waals surface area (Å²) < 4.78 is 22.4. The maximum Gasteiger partial charge on any atom is 0.408 e. The number of aliphatic hydroxyl groups excluding tert-OH is 1. The third-order valence-electron chi connectivity index (χ3n) is 5.31. The molecule has 2 rings (SSSR count). The highest BCUT2D eigenvalue weighted by Gasteiger charge is 2.37. The van der Waals surface area contributed by atoms with Crippen LogP contribution in [-0.4, -0.2) is 80.3 Å². The van der Waals surface area contributed by atoms with Crippen molar-refractivity contribution >= 4 is 24.0 Å². The fourth-order valence-electron chi connectivity index (χ4n) is 3.67. The number of aromatic nitrogens is 2. The largest absolute Gasteiger partial charge is 0.480 e. The Morgan fingerprint density at radius 1 is 1.13 bits per heavy atom. The van der Waals surface area contributed by atoms with E-state index >= 15 is 0 Å². The molecule has 1 unspecified atom stereocenters. The fraction of sp³-hybridized carbons (Fsp3) is 0.680. The third-order valence-corrected chi connectivity index (χ3v) is 5.31. The Hall–Kier alpha value is -3.52. The van der Waals surface area contributed by atoms with Crippen molar-refractivity contribution in [2.24, 2.45) is 5.92 Å². The molecule has 1 amide bonds. The molecule has 1 saturated heterocycles. The molecule has 218 valence electrons. The van der Waals surface area contributed by atoms with Gasteiger partial charge in [0.2, 0.25) is 0 Å². The van der Waals surface area contributed by atoms with Crippen LogP contribution in [0.15, 0.2) is 17.1 Å². The van der Waals surface area contributed by atoms with Gasteiger partial charge in [0.25, 0.3) is 0 Å². The number of hydrogen-bond donors (Lipinski definition) is 3. The van der Waals surface area contributed by atoms with Crippen LogP contribution in [0.25, 0.3) is 0 Å². The first-order valence-corrected chi connectivity index (χ1v) is 12.4. The lowest BCUT2D eigenvalue weighted by Gasteiger charge is -2.22. The van der Waals surface area contributed by atoms with Crippen LogP contribution < -0.4 is 11.0 Å². The summed E-state index contributed by atoms with van der Waals surface area (Å²) in [5.74, 6) is -3.40. The number of nitrogens with zero attached hydrogens (tertiary/aromatic N) is 2. The predicted molar refractivity (Wildman–Crippen MR) is 134 cm³/mol. The van der Waals surface area contributed by atoms with E-state index in [4.69, 9.17) is 18.9 Å². The number of carbonyl (C=O) groups excluding carboxylic acids is 3. The van der Waals surface area contributed by atoms with Crippen molar-refractivity contribution in [3.05, 3.63) is 28.4 Å². The number of alkyl carbamates (subject to hydrolysis) is 1. The number of amides is 1. The smallest absolute Gasteiger partial charge is 0.408 e. The molecule has 4 atom stereocenters. The maximum absolute atomic E-state index is 12.6. The number of rotatable bonds is 10. The first-order valence-electron chi connectivity index (χ1n) is 12.4. The van der Waals surface area contributed by atoms with E-state index in [0.29, 0.717) is 0 Å². The summed E-state index contributed by atoms with van der Waals surface area (Å²) in [6, 6.07) is -0.0956. The van der Waals surface area contributed by atoms with E-state index in [9.17, 15) is 34.2 Å². The first-order chi connectivity index (χ1) is 18.0. The van der Waals surface area contributed by atoms with Crippen molar-refractivity contribution in [3.63, 3.8) is 0 Å². The van der Waals surface area contributed by atoms with Crippen LogP contribution in [0.1, 0.15) is 66.3 Å². The SMILES string of the molecule is CC(C)(C)OC(=O)Cc1ccn([C@H]2C[C@H](CO)[C@@H](COC(=O)CC(NC(=O)OC(C)(C)C)C(=O)O)O2)c(=O)n1. The average Bonchev–Trinajstić information content (AvgIpc) is 3.17. The monoisotopic (exact) mass is 555 g/mol. The molecule has 1 fully saturated rings. The molecule has 0 aromatic carbocycles. The van der Waals surface area contributed by atoms with Gasteiger partial charge in [-0.15, -0.1) is 0 Å². The number of esters is 2. The van der Waals surface area contributed by atoms with Crippen molar-refractivity contribution in [1.29, 1.82) is 0 Å². The Labute approximate surface area is 225 Å². The summed E-state index contributed by atoms with van der Waals surface area (Å²) in [4.78, 5) is 64.2. The molecular formula is C25H37N3O11. The van der Waals surface area contributed by atoms with Crippen molar-refractivity contribution in [2.45, 2.75) is 90.4 Å². The number of carbonyl (C=O) groups is 4. The van der Waals surface area contributed by atoms with Gasteiger partial charge in [-0.3, -0.25) is 14.2 Å². The molecule has 1 aliphatic heterocycles. The molecule has 14 heteroatoms. The van der Waals surface area contributed by atoms with E-state index < -0.39 is 71.6 Å². The molecule has 0 spiro atoms. The van der Waals surface area contributed by atoms with Gasteiger partial charge >= 0.3 is 29.7 Å². The zero-order valence-corrected chi connectivity index (χ0v) is 23.0. The molecule has 0 radical (unpaired) electrons. The minimum Gasteiger partial charge on any atom is -0.480 e. The molecule has 0 bridgehead atoms.